The number of fused-ring (bicyclic) bond motifs is 1. The predicted octanol–water partition coefficient (Wildman–Crippen LogP) is 2.54. The molecule has 4 heteroatoms. The number of aryl methyl sites for hydroxylation is 1. The fourth-order valence-electron chi connectivity index (χ4n) is 1.69. The molecule has 0 saturated heterocycles. The van der Waals surface area contributed by atoms with Crippen LogP contribution in [0.2, 0.25) is 0 Å². The summed E-state index contributed by atoms with van der Waals surface area (Å²) in [6.07, 6.45) is 0. The number of benzene rings is 1. The molecule has 0 fully saturated rings. The van der Waals surface area contributed by atoms with Crippen LogP contribution >= 0.6 is 11.3 Å². The lowest BCUT2D eigenvalue weighted by Gasteiger charge is -1.99. The van der Waals surface area contributed by atoms with E-state index in [1.54, 1.807) is 0 Å². The first-order valence-corrected chi connectivity index (χ1v) is 6.02. The van der Waals surface area contributed by atoms with Gasteiger partial charge in [0.25, 0.3) is 5.91 Å². The Balaban J connectivity index is 2.60. The molecule has 2 rings (SSSR count). The molecular weight excluding hydrogens is 220 g/mol. The van der Waals surface area contributed by atoms with Gasteiger partial charge in [0.1, 0.15) is 4.88 Å². The molecule has 84 valence electrons. The van der Waals surface area contributed by atoms with Crippen molar-refractivity contribution in [3.8, 4) is 0 Å². The summed E-state index contributed by atoms with van der Waals surface area (Å²) in [6.45, 7) is 4.54. The number of amides is 1. The van der Waals surface area contributed by atoms with E-state index >= 15 is 0 Å². The van der Waals surface area contributed by atoms with Crippen LogP contribution < -0.4 is 11.1 Å². The zero-order chi connectivity index (χ0) is 11.7. The van der Waals surface area contributed by atoms with Crippen molar-refractivity contribution in [1.29, 1.82) is 0 Å². The van der Waals surface area contributed by atoms with Gasteiger partial charge in [-0.2, -0.15) is 0 Å². The molecule has 0 atom stereocenters. The van der Waals surface area contributed by atoms with Gasteiger partial charge in [-0.25, -0.2) is 0 Å². The monoisotopic (exact) mass is 234 g/mol. The minimum absolute atomic E-state index is 0.0828. The molecule has 2 aromatic rings. The molecule has 0 aliphatic rings. The number of anilines is 1. The molecule has 0 bridgehead atoms. The van der Waals surface area contributed by atoms with Crippen molar-refractivity contribution in [3.05, 3.63) is 28.6 Å². The number of nitrogen functional groups attached to an aromatic ring is 1. The maximum Gasteiger partial charge on any atom is 0.263 e. The number of rotatable bonds is 2. The molecule has 0 aliphatic carbocycles. The van der Waals surface area contributed by atoms with E-state index < -0.39 is 0 Å². The van der Waals surface area contributed by atoms with Gasteiger partial charge < -0.3 is 11.1 Å². The number of hydrogen-bond acceptors (Lipinski definition) is 3. The van der Waals surface area contributed by atoms with Crippen molar-refractivity contribution in [3.63, 3.8) is 0 Å². The Kier molecular flexibility index (Phi) is 2.83. The molecule has 1 aromatic heterocycles. The highest BCUT2D eigenvalue weighted by molar-refractivity contribution is 7.21. The summed E-state index contributed by atoms with van der Waals surface area (Å²) in [5.74, 6) is -0.0828. The van der Waals surface area contributed by atoms with Gasteiger partial charge in [0.05, 0.1) is 5.69 Å². The van der Waals surface area contributed by atoms with E-state index in [1.807, 2.05) is 32.0 Å². The summed E-state index contributed by atoms with van der Waals surface area (Å²) >= 11 is 1.46. The summed E-state index contributed by atoms with van der Waals surface area (Å²) in [7, 11) is 0. The predicted molar refractivity (Wildman–Crippen MR) is 69.0 cm³/mol. The van der Waals surface area contributed by atoms with E-state index in [4.69, 9.17) is 5.73 Å². The molecule has 1 aromatic carbocycles. The van der Waals surface area contributed by atoms with Gasteiger partial charge in [-0.3, -0.25) is 4.79 Å². The molecule has 0 aliphatic heterocycles. The Morgan fingerprint density at radius 2 is 2.25 bits per heavy atom. The quantitative estimate of drug-likeness (QED) is 0.839. The van der Waals surface area contributed by atoms with Crippen molar-refractivity contribution in [2.45, 2.75) is 13.8 Å². The van der Waals surface area contributed by atoms with E-state index in [2.05, 4.69) is 5.32 Å². The second-order valence-corrected chi connectivity index (χ2v) is 4.68. The number of nitrogens with two attached hydrogens (primary N) is 1. The topological polar surface area (TPSA) is 55.1 Å². The van der Waals surface area contributed by atoms with Gasteiger partial charge in [0.15, 0.2) is 0 Å². The molecule has 3 N–H and O–H groups in total. The van der Waals surface area contributed by atoms with Crippen molar-refractivity contribution in [1.82, 2.24) is 5.32 Å². The van der Waals surface area contributed by atoms with Crippen LogP contribution in [0.25, 0.3) is 10.1 Å². The lowest BCUT2D eigenvalue weighted by molar-refractivity contribution is 0.0960. The van der Waals surface area contributed by atoms with Gasteiger partial charge in [0.2, 0.25) is 0 Å². The Morgan fingerprint density at radius 1 is 1.50 bits per heavy atom. The van der Waals surface area contributed by atoms with Crippen LogP contribution in [0.5, 0.6) is 0 Å². The largest absolute Gasteiger partial charge is 0.397 e. The number of carbonyl (C=O) groups is 1. The molecule has 0 spiro atoms. The van der Waals surface area contributed by atoms with Crippen LogP contribution in [0, 0.1) is 6.92 Å². The average molecular weight is 234 g/mol. The maximum absolute atomic E-state index is 11.8. The molecule has 0 unspecified atom stereocenters. The smallest absolute Gasteiger partial charge is 0.263 e. The second-order valence-electron chi connectivity index (χ2n) is 3.66. The summed E-state index contributed by atoms with van der Waals surface area (Å²) < 4.78 is 1.10. The first-order chi connectivity index (χ1) is 7.65. The third kappa shape index (κ3) is 1.65. The van der Waals surface area contributed by atoms with Crippen molar-refractivity contribution < 1.29 is 4.79 Å². The summed E-state index contributed by atoms with van der Waals surface area (Å²) in [5, 5.41) is 3.75. The minimum Gasteiger partial charge on any atom is -0.397 e. The van der Waals surface area contributed by atoms with Crippen LogP contribution in [0.1, 0.15) is 22.2 Å². The zero-order valence-electron chi connectivity index (χ0n) is 9.33. The molecular formula is C12H14N2OS. The van der Waals surface area contributed by atoms with Gasteiger partial charge in [-0.15, -0.1) is 11.3 Å². The fourth-order valence-corrected chi connectivity index (χ4v) is 2.79. The lowest BCUT2D eigenvalue weighted by Crippen LogP contribution is -2.22. The van der Waals surface area contributed by atoms with Crippen LogP contribution in [-0.2, 0) is 0 Å². The fraction of sp³-hybridized carbons (Fsp3) is 0.250. The van der Waals surface area contributed by atoms with Crippen molar-refractivity contribution in [2.75, 3.05) is 12.3 Å². The summed E-state index contributed by atoms with van der Waals surface area (Å²) in [4.78, 5) is 12.4. The Bertz CT molecular complexity index is 545. The molecule has 1 amide bonds. The van der Waals surface area contributed by atoms with Gasteiger partial charge in [-0.05, 0) is 19.4 Å². The van der Waals surface area contributed by atoms with E-state index in [-0.39, 0.29) is 5.91 Å². The molecule has 1 heterocycles. The third-order valence-corrected chi connectivity index (χ3v) is 3.85. The first kappa shape index (κ1) is 11.0. The van der Waals surface area contributed by atoms with Gasteiger partial charge in [0, 0.05) is 16.6 Å². The highest BCUT2D eigenvalue weighted by Gasteiger charge is 2.16. The summed E-state index contributed by atoms with van der Waals surface area (Å²) in [5.41, 5.74) is 7.74. The van der Waals surface area contributed by atoms with E-state index in [0.29, 0.717) is 17.1 Å². The molecule has 16 heavy (non-hydrogen) atoms. The normalized spacial score (nSPS) is 10.6. The Labute approximate surface area is 98.3 Å². The van der Waals surface area contributed by atoms with Gasteiger partial charge in [-0.1, -0.05) is 18.2 Å². The molecule has 3 nitrogen and oxygen atoms in total. The number of thiophene rings is 1. The number of nitrogens with one attached hydrogen (secondary N) is 1. The van der Waals surface area contributed by atoms with Crippen molar-refractivity contribution in [2.24, 2.45) is 0 Å². The van der Waals surface area contributed by atoms with Crippen molar-refractivity contribution >= 4 is 33.0 Å². The van der Waals surface area contributed by atoms with Crippen LogP contribution in [0.15, 0.2) is 18.2 Å². The molecule has 0 radical (unpaired) electrons. The highest BCUT2D eigenvalue weighted by Crippen LogP contribution is 2.35. The maximum atomic E-state index is 11.8. The summed E-state index contributed by atoms with van der Waals surface area (Å²) in [6, 6.07) is 5.94. The SMILES string of the molecule is CCNC(=O)c1sc2c(C)cccc2c1N. The van der Waals surface area contributed by atoms with E-state index in [9.17, 15) is 4.79 Å². The van der Waals surface area contributed by atoms with E-state index in [0.717, 1.165) is 15.6 Å². The lowest BCUT2D eigenvalue weighted by atomic mass is 10.1. The van der Waals surface area contributed by atoms with E-state index in [1.165, 1.54) is 11.3 Å². The van der Waals surface area contributed by atoms with Crippen LogP contribution in [0.3, 0.4) is 0 Å². The Morgan fingerprint density at radius 3 is 2.88 bits per heavy atom. The van der Waals surface area contributed by atoms with Crippen LogP contribution in [0.4, 0.5) is 5.69 Å². The average Bonchev–Trinajstić information content (AvgIpc) is 2.59. The van der Waals surface area contributed by atoms with Gasteiger partial charge >= 0.3 is 0 Å². The first-order valence-electron chi connectivity index (χ1n) is 5.21. The number of carbonyl (C=O) groups excluding carboxylic acids is 1. The van der Waals surface area contributed by atoms with Crippen LogP contribution in [-0.4, -0.2) is 12.5 Å². The minimum atomic E-state index is -0.0828. The standard InChI is InChI=1S/C12H14N2OS/c1-3-14-12(15)11-9(13)8-6-4-5-7(2)10(8)16-11/h4-6H,3,13H2,1-2H3,(H,14,15). The highest BCUT2D eigenvalue weighted by atomic mass is 32.1. The second kappa shape index (κ2) is 4.14. The zero-order valence-corrected chi connectivity index (χ0v) is 10.1. The molecule has 0 saturated carbocycles. The number of hydrogen-bond donors (Lipinski definition) is 2. The Hall–Kier alpha value is -1.55. The third-order valence-electron chi connectivity index (χ3n) is 2.49.